The molecular weight excluding hydrogens is 240 g/mol. The highest BCUT2D eigenvalue weighted by Gasteiger charge is 2.28. The fourth-order valence-electron chi connectivity index (χ4n) is 1.86. The van der Waals surface area contributed by atoms with Crippen LogP contribution in [-0.2, 0) is 16.7 Å². The Kier molecular flexibility index (Phi) is 2.92. The number of fused-ring (bicyclic) bond motifs is 1. The highest BCUT2D eigenvalue weighted by atomic mass is 32.2. The van der Waals surface area contributed by atoms with E-state index in [0.717, 1.165) is 5.52 Å². The number of nitrogens with one attached hydrogen (secondary N) is 1. The van der Waals surface area contributed by atoms with E-state index in [0.29, 0.717) is 12.1 Å². The first-order valence-corrected chi connectivity index (χ1v) is 6.81. The summed E-state index contributed by atoms with van der Waals surface area (Å²) < 4.78 is 33.4. The van der Waals surface area contributed by atoms with Crippen LogP contribution in [0.4, 0.5) is 0 Å². The summed E-state index contributed by atoms with van der Waals surface area (Å²) in [5.74, 6) is 0.278. The van der Waals surface area contributed by atoms with Gasteiger partial charge in [-0.25, -0.2) is 9.55 Å². The summed E-state index contributed by atoms with van der Waals surface area (Å²) in [5, 5.41) is -0.160. The van der Waals surface area contributed by atoms with Gasteiger partial charge in [-0.3, -0.25) is 4.55 Å². The summed E-state index contributed by atoms with van der Waals surface area (Å²) in [7, 11) is -4.23. The number of nitrogens with zero attached hydrogens (tertiary/aromatic N) is 1. The van der Waals surface area contributed by atoms with Crippen LogP contribution in [0.25, 0.3) is 11.0 Å². The molecule has 0 aliphatic heterocycles. The minimum absolute atomic E-state index is 0.160. The van der Waals surface area contributed by atoms with Gasteiger partial charge >= 0.3 is 15.3 Å². The van der Waals surface area contributed by atoms with Crippen LogP contribution in [0.3, 0.4) is 0 Å². The van der Waals surface area contributed by atoms with Crippen LogP contribution in [-0.4, -0.2) is 18.0 Å². The van der Waals surface area contributed by atoms with E-state index >= 15 is 0 Å². The zero-order valence-electron chi connectivity index (χ0n) is 9.71. The van der Waals surface area contributed by atoms with Crippen LogP contribution in [0.1, 0.15) is 13.8 Å². The highest BCUT2D eigenvalue weighted by Crippen LogP contribution is 2.13. The SMILES string of the molecule is CC(C)C[n+]1c(S(=O)(=O)O)[nH]c2ccccc21. The number of hydrogen-bond donors (Lipinski definition) is 2. The first kappa shape index (κ1) is 12.1. The molecule has 17 heavy (non-hydrogen) atoms. The van der Waals surface area contributed by atoms with Crippen molar-refractivity contribution in [2.45, 2.75) is 25.5 Å². The first-order chi connectivity index (χ1) is 7.89. The molecule has 5 nitrogen and oxygen atoms in total. The quantitative estimate of drug-likeness (QED) is 0.642. The molecular formula is C11H15N2O3S+. The topological polar surface area (TPSA) is 74.0 Å². The van der Waals surface area contributed by atoms with Crippen molar-refractivity contribution in [2.24, 2.45) is 5.92 Å². The predicted molar refractivity (Wildman–Crippen MR) is 63.1 cm³/mol. The second-order valence-corrected chi connectivity index (χ2v) is 5.76. The summed E-state index contributed by atoms with van der Waals surface area (Å²) >= 11 is 0. The van der Waals surface area contributed by atoms with E-state index < -0.39 is 10.1 Å². The van der Waals surface area contributed by atoms with E-state index in [9.17, 15) is 13.0 Å². The third-order valence-electron chi connectivity index (χ3n) is 2.47. The number of aromatic nitrogens is 2. The Morgan fingerprint density at radius 1 is 1.35 bits per heavy atom. The molecule has 0 spiro atoms. The Labute approximate surface area is 99.8 Å². The molecule has 0 unspecified atom stereocenters. The number of H-pyrrole nitrogens is 1. The maximum absolute atomic E-state index is 11.3. The van der Waals surface area contributed by atoms with Crippen molar-refractivity contribution >= 4 is 21.2 Å². The van der Waals surface area contributed by atoms with E-state index in [2.05, 4.69) is 4.98 Å². The molecule has 0 bridgehead atoms. The van der Waals surface area contributed by atoms with Crippen molar-refractivity contribution in [3.63, 3.8) is 0 Å². The third kappa shape index (κ3) is 2.32. The molecule has 1 aromatic heterocycles. The van der Waals surface area contributed by atoms with Gasteiger partial charge in [0.05, 0.1) is 6.54 Å². The van der Waals surface area contributed by atoms with Gasteiger partial charge in [0.2, 0.25) is 0 Å². The van der Waals surface area contributed by atoms with Gasteiger partial charge in [-0.15, -0.1) is 0 Å². The van der Waals surface area contributed by atoms with Crippen LogP contribution in [0.2, 0.25) is 0 Å². The van der Waals surface area contributed by atoms with Gasteiger partial charge < -0.3 is 0 Å². The predicted octanol–water partition coefficient (Wildman–Crippen LogP) is 1.36. The first-order valence-electron chi connectivity index (χ1n) is 5.37. The summed E-state index contributed by atoms with van der Waals surface area (Å²) in [4.78, 5) is 2.73. The van der Waals surface area contributed by atoms with Gasteiger partial charge in [0, 0.05) is 0 Å². The average Bonchev–Trinajstić information content (AvgIpc) is 2.56. The van der Waals surface area contributed by atoms with E-state index in [-0.39, 0.29) is 11.1 Å². The second-order valence-electron chi connectivity index (χ2n) is 4.43. The Morgan fingerprint density at radius 3 is 2.59 bits per heavy atom. The number of rotatable bonds is 3. The van der Waals surface area contributed by atoms with Gasteiger partial charge in [0.25, 0.3) is 0 Å². The molecule has 0 aliphatic rings. The van der Waals surface area contributed by atoms with Crippen molar-refractivity contribution in [3.8, 4) is 0 Å². The minimum Gasteiger partial charge on any atom is -0.276 e. The molecule has 0 radical (unpaired) electrons. The standard InChI is InChI=1S/C11H14N2O3S/c1-8(2)7-13-10-6-4-3-5-9(10)12-11(13)17(14,15)16/h3-6,8H,7H2,1-2H3,(H,14,15,16)/p+1. The molecule has 2 N–H and O–H groups in total. The Morgan fingerprint density at radius 2 is 2.00 bits per heavy atom. The lowest BCUT2D eigenvalue weighted by Crippen LogP contribution is -2.40. The van der Waals surface area contributed by atoms with Crippen molar-refractivity contribution in [1.82, 2.24) is 4.98 Å². The van der Waals surface area contributed by atoms with Crippen molar-refractivity contribution in [2.75, 3.05) is 0 Å². The molecule has 0 aliphatic carbocycles. The monoisotopic (exact) mass is 255 g/mol. The summed E-state index contributed by atoms with van der Waals surface area (Å²) in [6.45, 7) is 4.50. The molecule has 6 heteroatoms. The van der Waals surface area contributed by atoms with E-state index in [1.54, 1.807) is 10.6 Å². The minimum atomic E-state index is -4.23. The molecule has 2 rings (SSSR count). The van der Waals surface area contributed by atoms with E-state index in [4.69, 9.17) is 0 Å². The normalized spacial score (nSPS) is 12.5. The molecule has 1 heterocycles. The molecule has 0 amide bonds. The zero-order valence-corrected chi connectivity index (χ0v) is 10.5. The molecule has 92 valence electrons. The summed E-state index contributed by atoms with van der Waals surface area (Å²) in [6, 6.07) is 7.25. The zero-order chi connectivity index (χ0) is 12.6. The lowest BCUT2D eigenvalue weighted by Gasteiger charge is -2.03. The van der Waals surface area contributed by atoms with Crippen LogP contribution >= 0.6 is 0 Å². The molecule has 1 aromatic carbocycles. The number of imidazole rings is 1. The number of aromatic amines is 1. The van der Waals surface area contributed by atoms with Crippen molar-refractivity contribution in [1.29, 1.82) is 0 Å². The van der Waals surface area contributed by atoms with Crippen LogP contribution in [0, 0.1) is 5.92 Å². The molecule has 0 fully saturated rings. The maximum atomic E-state index is 11.3. The van der Waals surface area contributed by atoms with Gasteiger partial charge in [0.1, 0.15) is 0 Å². The number of benzene rings is 1. The average molecular weight is 255 g/mol. The summed E-state index contributed by atoms with van der Waals surface area (Å²) in [5.41, 5.74) is 1.47. The van der Waals surface area contributed by atoms with Gasteiger partial charge in [-0.1, -0.05) is 26.0 Å². The lowest BCUT2D eigenvalue weighted by molar-refractivity contribution is -0.715. The maximum Gasteiger partial charge on any atom is 0.401 e. The largest absolute Gasteiger partial charge is 0.401 e. The van der Waals surface area contributed by atoms with E-state index in [1.807, 2.05) is 32.0 Å². The number of para-hydroxylation sites is 2. The lowest BCUT2D eigenvalue weighted by atomic mass is 10.2. The Bertz CT molecular complexity index is 644. The molecule has 2 aromatic rings. The fraction of sp³-hybridized carbons (Fsp3) is 0.364. The Hall–Kier alpha value is -1.40. The van der Waals surface area contributed by atoms with Crippen molar-refractivity contribution in [3.05, 3.63) is 24.3 Å². The summed E-state index contributed by atoms with van der Waals surface area (Å²) in [6.07, 6.45) is 0. The van der Waals surface area contributed by atoms with Gasteiger partial charge in [-0.05, 0) is 18.1 Å². The van der Waals surface area contributed by atoms with Crippen molar-refractivity contribution < 1.29 is 17.5 Å². The number of hydrogen-bond acceptors (Lipinski definition) is 2. The fourth-order valence-corrected chi connectivity index (χ4v) is 2.55. The molecule has 0 saturated heterocycles. The van der Waals surface area contributed by atoms with Crippen LogP contribution in [0.15, 0.2) is 29.4 Å². The smallest absolute Gasteiger partial charge is 0.276 e. The van der Waals surface area contributed by atoms with Crippen LogP contribution < -0.4 is 4.57 Å². The van der Waals surface area contributed by atoms with E-state index in [1.165, 1.54) is 0 Å². The van der Waals surface area contributed by atoms with Gasteiger partial charge in [0.15, 0.2) is 11.0 Å². The molecule has 0 saturated carbocycles. The Balaban J connectivity index is 2.74. The second kappa shape index (κ2) is 4.12. The third-order valence-corrected chi connectivity index (χ3v) is 3.28. The molecule has 0 atom stereocenters. The highest BCUT2D eigenvalue weighted by molar-refractivity contribution is 7.85. The van der Waals surface area contributed by atoms with Gasteiger partial charge in [-0.2, -0.15) is 8.42 Å². The van der Waals surface area contributed by atoms with Crippen LogP contribution in [0.5, 0.6) is 0 Å².